The molecule has 214 valence electrons. The van der Waals surface area contributed by atoms with Gasteiger partial charge in [-0.15, -0.1) is 0 Å². The fraction of sp³-hybridized carbons (Fsp3) is 0.318. The first kappa shape index (κ1) is 30.3. The van der Waals surface area contributed by atoms with Crippen LogP contribution in [0.15, 0.2) is 35.3 Å². The molecule has 17 nitrogen and oxygen atoms in total. The van der Waals surface area contributed by atoms with E-state index in [1.807, 2.05) is 0 Å². The lowest BCUT2D eigenvalue weighted by Gasteiger charge is -2.15. The van der Waals surface area contributed by atoms with Gasteiger partial charge in [0.25, 0.3) is 11.5 Å². The number of carboxylic acid groups (broad SMARTS) is 1. The second-order valence-corrected chi connectivity index (χ2v) is 9.60. The smallest absolute Gasteiger partial charge is 0.469 e. The number of H-pyrrole nitrogens is 1. The van der Waals surface area contributed by atoms with Crippen LogP contribution in [0.4, 0.5) is 11.6 Å². The van der Waals surface area contributed by atoms with Crippen LogP contribution in [0.3, 0.4) is 0 Å². The summed E-state index contributed by atoms with van der Waals surface area (Å²) in [7, 11) is -4.59. The Labute approximate surface area is 225 Å². The summed E-state index contributed by atoms with van der Waals surface area (Å²) in [6.45, 7) is -0.264. The Kier molecular flexibility index (Phi) is 10.4. The van der Waals surface area contributed by atoms with Crippen molar-refractivity contribution >= 4 is 48.3 Å². The number of carbonyl (C=O) groups excluding carboxylic acids is 2. The van der Waals surface area contributed by atoms with Crippen LogP contribution in [0.1, 0.15) is 28.9 Å². The quantitative estimate of drug-likeness (QED) is 0.0805. The third-order valence-corrected chi connectivity index (χ3v) is 5.80. The Morgan fingerprint density at radius 2 is 1.88 bits per heavy atom. The van der Waals surface area contributed by atoms with Gasteiger partial charge in [0, 0.05) is 24.2 Å². The molecule has 0 spiro atoms. The molecule has 0 aliphatic carbocycles. The van der Waals surface area contributed by atoms with Crippen molar-refractivity contribution in [2.45, 2.75) is 25.4 Å². The first-order valence-electron chi connectivity index (χ1n) is 11.7. The molecule has 0 saturated carbocycles. The third-order valence-electron chi connectivity index (χ3n) is 5.28. The van der Waals surface area contributed by atoms with Crippen molar-refractivity contribution in [3.63, 3.8) is 0 Å². The van der Waals surface area contributed by atoms with Gasteiger partial charge >= 0.3 is 13.8 Å². The topological polar surface area (TPSA) is 272 Å². The number of nitrogens with two attached hydrogens (primary N) is 1. The molecule has 9 N–H and O–H groups in total. The van der Waals surface area contributed by atoms with Gasteiger partial charge in [-0.2, -0.15) is 4.98 Å². The van der Waals surface area contributed by atoms with Gasteiger partial charge in [0.15, 0.2) is 11.2 Å². The highest BCUT2D eigenvalue weighted by atomic mass is 31.2. The van der Waals surface area contributed by atoms with Gasteiger partial charge in [-0.05, 0) is 30.7 Å². The predicted molar refractivity (Wildman–Crippen MR) is 140 cm³/mol. The van der Waals surface area contributed by atoms with Crippen LogP contribution < -0.4 is 27.2 Å². The molecule has 1 atom stereocenters. The molecule has 18 heteroatoms. The molecule has 3 aromatic rings. The number of ketones is 1. The number of aromatic nitrogens is 4. The Morgan fingerprint density at radius 3 is 2.55 bits per heavy atom. The third kappa shape index (κ3) is 9.48. The number of rotatable bonds is 15. The molecule has 0 radical (unpaired) electrons. The number of Topliss-reactive ketones (excluding diaryl/α,β-unsaturated/α-hetero) is 1. The minimum atomic E-state index is -4.59. The number of carboxylic acids is 1. The van der Waals surface area contributed by atoms with Crippen molar-refractivity contribution in [2.24, 2.45) is 0 Å². The maximum absolute atomic E-state index is 12.6. The number of hydrogen-bond acceptors (Lipinski definition) is 12. The first-order chi connectivity index (χ1) is 18.9. The van der Waals surface area contributed by atoms with Crippen molar-refractivity contribution in [3.8, 4) is 0 Å². The predicted octanol–water partition coefficient (Wildman–Crippen LogP) is -0.861. The van der Waals surface area contributed by atoms with Crippen LogP contribution in [0.25, 0.3) is 11.2 Å². The SMILES string of the molecule is Nc1nc2ncc(CNc3ccc(C(=O)NC(CCC(=O)CNCCOP(=O)(O)O)C(=O)O)cc3)nc2c(=O)[nH]1. The summed E-state index contributed by atoms with van der Waals surface area (Å²) < 4.78 is 14.8. The van der Waals surface area contributed by atoms with Crippen LogP contribution in [0.5, 0.6) is 0 Å². The number of hydrogen-bond donors (Lipinski definition) is 8. The lowest BCUT2D eigenvalue weighted by atomic mass is 10.1. The number of aliphatic carboxylic acids is 1. The molecule has 0 aliphatic heterocycles. The summed E-state index contributed by atoms with van der Waals surface area (Å²) >= 11 is 0. The van der Waals surface area contributed by atoms with Gasteiger partial charge in [-0.3, -0.25) is 23.9 Å². The van der Waals surface area contributed by atoms with E-state index in [0.29, 0.717) is 11.4 Å². The maximum Gasteiger partial charge on any atom is 0.469 e. The fourth-order valence-corrected chi connectivity index (χ4v) is 3.67. The van der Waals surface area contributed by atoms with Crippen molar-refractivity contribution in [1.82, 2.24) is 30.6 Å². The number of phosphoric acid groups is 1. The second kappa shape index (κ2) is 13.7. The highest BCUT2D eigenvalue weighted by Gasteiger charge is 2.22. The van der Waals surface area contributed by atoms with Crippen molar-refractivity contribution < 1.29 is 38.4 Å². The van der Waals surface area contributed by atoms with Gasteiger partial charge in [0.05, 0.1) is 31.6 Å². The van der Waals surface area contributed by atoms with Gasteiger partial charge in [-0.1, -0.05) is 0 Å². The molecule has 0 fully saturated rings. The summed E-state index contributed by atoms with van der Waals surface area (Å²) in [5.74, 6) is -2.38. The van der Waals surface area contributed by atoms with E-state index in [0.717, 1.165) is 0 Å². The van der Waals surface area contributed by atoms with Crippen molar-refractivity contribution in [3.05, 3.63) is 52.1 Å². The zero-order valence-corrected chi connectivity index (χ0v) is 21.8. The monoisotopic (exact) mass is 578 g/mol. The molecule has 2 heterocycles. The summed E-state index contributed by atoms with van der Waals surface area (Å²) in [6.07, 6.45) is 1.13. The standard InChI is InChI=1S/C22H27N8O9P/c23-22-29-18-17(20(33)30-22)27-14(10-26-18)9-25-13-3-1-12(2-4-13)19(32)28-16(21(34)35)6-5-15(31)11-24-7-8-39-40(36,37)38/h1-4,10,16,24-25H,5-9,11H2,(H,28,32)(H,34,35)(H2,36,37,38)(H3,23,26,29,30,33). The van der Waals surface area contributed by atoms with E-state index < -0.39 is 31.3 Å². The molecule has 1 unspecified atom stereocenters. The zero-order valence-electron chi connectivity index (χ0n) is 20.9. The minimum Gasteiger partial charge on any atom is -0.480 e. The number of phosphoric ester groups is 1. The van der Waals surface area contributed by atoms with Crippen LogP contribution in [-0.4, -0.2) is 78.2 Å². The summed E-state index contributed by atoms with van der Waals surface area (Å²) in [4.78, 5) is 79.8. The van der Waals surface area contributed by atoms with Crippen molar-refractivity contribution in [2.75, 3.05) is 30.7 Å². The van der Waals surface area contributed by atoms with Crippen LogP contribution >= 0.6 is 7.82 Å². The maximum atomic E-state index is 12.6. The van der Waals surface area contributed by atoms with Gasteiger partial charge in [0.2, 0.25) is 5.95 Å². The lowest BCUT2D eigenvalue weighted by Crippen LogP contribution is -2.41. The normalized spacial score (nSPS) is 12.2. The molecule has 1 aromatic carbocycles. The average molecular weight is 578 g/mol. The molecule has 2 aromatic heterocycles. The number of fused-ring (bicyclic) bond motifs is 1. The highest BCUT2D eigenvalue weighted by molar-refractivity contribution is 7.46. The molecule has 40 heavy (non-hydrogen) atoms. The fourth-order valence-electron chi connectivity index (χ4n) is 3.35. The number of amides is 1. The van der Waals surface area contributed by atoms with Gasteiger partial charge in [-0.25, -0.2) is 19.3 Å². The number of benzene rings is 1. The Bertz CT molecular complexity index is 1480. The molecule has 1 amide bonds. The van der Waals surface area contributed by atoms with E-state index in [1.165, 1.54) is 18.3 Å². The number of carbonyl (C=O) groups is 3. The van der Waals surface area contributed by atoms with E-state index in [9.17, 15) is 28.8 Å². The van der Waals surface area contributed by atoms with Crippen LogP contribution in [0, 0.1) is 0 Å². The molecule has 0 aliphatic rings. The van der Waals surface area contributed by atoms with E-state index in [4.69, 9.17) is 15.5 Å². The number of aromatic amines is 1. The minimum absolute atomic E-state index is 0.00328. The number of anilines is 2. The summed E-state index contributed by atoms with van der Waals surface area (Å²) in [6, 6.07) is 4.84. The van der Waals surface area contributed by atoms with E-state index in [2.05, 4.69) is 40.4 Å². The number of nitrogens with zero attached hydrogens (tertiary/aromatic N) is 3. The Balaban J connectivity index is 1.47. The van der Waals surface area contributed by atoms with Gasteiger partial charge in [0.1, 0.15) is 11.8 Å². The van der Waals surface area contributed by atoms with E-state index in [1.54, 1.807) is 12.1 Å². The highest BCUT2D eigenvalue weighted by Crippen LogP contribution is 2.35. The molecular formula is C22H27N8O9P. The first-order valence-corrected chi connectivity index (χ1v) is 13.3. The zero-order chi connectivity index (χ0) is 29.3. The van der Waals surface area contributed by atoms with Crippen LogP contribution in [0.2, 0.25) is 0 Å². The molecular weight excluding hydrogens is 551 g/mol. The summed E-state index contributed by atoms with van der Waals surface area (Å²) in [5.41, 5.74) is 6.39. The Morgan fingerprint density at radius 1 is 1.15 bits per heavy atom. The molecule has 0 saturated heterocycles. The average Bonchev–Trinajstić information content (AvgIpc) is 2.89. The van der Waals surface area contributed by atoms with Crippen molar-refractivity contribution in [1.29, 1.82) is 0 Å². The number of nitrogens with one attached hydrogen (secondary N) is 4. The summed E-state index contributed by atoms with van der Waals surface area (Å²) in [5, 5.41) is 17.5. The van der Waals surface area contributed by atoms with Gasteiger partial charge < -0.3 is 36.6 Å². The molecule has 3 rings (SSSR count). The van der Waals surface area contributed by atoms with E-state index >= 15 is 0 Å². The number of nitrogen functional groups attached to an aromatic ring is 1. The largest absolute Gasteiger partial charge is 0.480 e. The van der Waals surface area contributed by atoms with Crippen LogP contribution in [-0.2, 0) is 25.2 Å². The lowest BCUT2D eigenvalue weighted by molar-refractivity contribution is -0.139. The Hall–Kier alpha value is -4.28. The van der Waals surface area contributed by atoms with E-state index in [-0.39, 0.29) is 67.5 Å². The molecule has 0 bridgehead atoms. The second-order valence-electron chi connectivity index (χ2n) is 8.36.